The number of imide groups is 1. The summed E-state index contributed by atoms with van der Waals surface area (Å²) in [6.07, 6.45) is 8.85. The Hall–Kier alpha value is -2.12. The van der Waals surface area contributed by atoms with Gasteiger partial charge < -0.3 is 16.0 Å². The highest BCUT2D eigenvalue weighted by Crippen LogP contribution is 2.34. The highest BCUT2D eigenvalue weighted by molar-refractivity contribution is 6.09. The van der Waals surface area contributed by atoms with Gasteiger partial charge in [0.15, 0.2) is 0 Å². The summed E-state index contributed by atoms with van der Waals surface area (Å²) in [6, 6.07) is -0.248. The average Bonchev–Trinajstić information content (AvgIpc) is 3.17. The van der Waals surface area contributed by atoms with Gasteiger partial charge in [-0.1, -0.05) is 32.1 Å². The fourth-order valence-electron chi connectivity index (χ4n) is 4.20. The van der Waals surface area contributed by atoms with Gasteiger partial charge in [-0.05, 0) is 25.7 Å². The summed E-state index contributed by atoms with van der Waals surface area (Å²) in [7, 11) is 0. The molecule has 1 saturated heterocycles. The van der Waals surface area contributed by atoms with Gasteiger partial charge in [0.1, 0.15) is 12.1 Å². The molecular weight excluding hydrogens is 336 g/mol. The van der Waals surface area contributed by atoms with Crippen molar-refractivity contribution in [3.63, 3.8) is 0 Å². The molecular formula is C18H28N4O4. The van der Waals surface area contributed by atoms with Crippen molar-refractivity contribution in [2.24, 2.45) is 0 Å². The molecule has 8 heteroatoms. The summed E-state index contributed by atoms with van der Waals surface area (Å²) in [4.78, 5) is 49.5. The number of carbonyl (C=O) groups is 4. The highest BCUT2D eigenvalue weighted by atomic mass is 16.2. The second kappa shape index (κ2) is 8.05. The van der Waals surface area contributed by atoms with Crippen molar-refractivity contribution in [1.29, 1.82) is 0 Å². The molecule has 0 aromatic rings. The molecule has 3 aliphatic rings. The Labute approximate surface area is 153 Å². The maximum Gasteiger partial charge on any atom is 0.325 e. The zero-order chi connectivity index (χ0) is 18.6. The van der Waals surface area contributed by atoms with Crippen molar-refractivity contribution in [2.45, 2.75) is 75.8 Å². The van der Waals surface area contributed by atoms with Crippen molar-refractivity contribution in [3.05, 3.63) is 0 Å². The van der Waals surface area contributed by atoms with E-state index < -0.39 is 17.5 Å². The number of hydrogen-bond donors (Lipinski definition) is 3. The van der Waals surface area contributed by atoms with Crippen LogP contribution in [-0.4, -0.2) is 53.3 Å². The third-order valence-corrected chi connectivity index (χ3v) is 5.65. The molecule has 2 saturated carbocycles. The van der Waals surface area contributed by atoms with E-state index in [0.29, 0.717) is 12.8 Å². The van der Waals surface area contributed by atoms with Crippen molar-refractivity contribution < 1.29 is 19.2 Å². The predicted octanol–water partition coefficient (Wildman–Crippen LogP) is 0.806. The summed E-state index contributed by atoms with van der Waals surface area (Å²) >= 11 is 0. The Morgan fingerprint density at radius 3 is 2.42 bits per heavy atom. The summed E-state index contributed by atoms with van der Waals surface area (Å²) in [6.45, 7) is -0.0944. The van der Waals surface area contributed by atoms with Crippen LogP contribution in [0.2, 0.25) is 0 Å². The van der Waals surface area contributed by atoms with Gasteiger partial charge in [-0.25, -0.2) is 4.79 Å². The lowest BCUT2D eigenvalue weighted by atomic mass is 9.95. The molecule has 3 rings (SSSR count). The van der Waals surface area contributed by atoms with Crippen molar-refractivity contribution >= 4 is 23.8 Å². The second-order valence-corrected chi connectivity index (χ2v) is 7.61. The van der Waals surface area contributed by atoms with E-state index in [-0.39, 0.29) is 37.4 Å². The Morgan fingerprint density at radius 1 is 1.04 bits per heavy atom. The van der Waals surface area contributed by atoms with E-state index in [1.54, 1.807) is 0 Å². The van der Waals surface area contributed by atoms with E-state index >= 15 is 0 Å². The third kappa shape index (κ3) is 4.16. The van der Waals surface area contributed by atoms with Crippen LogP contribution in [0, 0.1) is 0 Å². The number of urea groups is 1. The van der Waals surface area contributed by atoms with E-state index in [2.05, 4.69) is 16.0 Å². The summed E-state index contributed by atoms with van der Waals surface area (Å²) in [5.74, 6) is -0.795. The monoisotopic (exact) mass is 364 g/mol. The lowest BCUT2D eigenvalue weighted by Crippen LogP contribution is -2.45. The molecule has 2 aliphatic carbocycles. The lowest BCUT2D eigenvalue weighted by Gasteiger charge is -2.22. The Kier molecular flexibility index (Phi) is 5.78. The third-order valence-electron chi connectivity index (χ3n) is 5.65. The number of amides is 5. The van der Waals surface area contributed by atoms with Crippen LogP contribution >= 0.6 is 0 Å². The molecule has 8 nitrogen and oxygen atoms in total. The molecule has 5 amide bonds. The standard InChI is InChI=1S/C18H28N4O4/c23-14(20-13-6-2-1-3-7-13)8-11-19-15(24)12-22-16(25)18(21-17(22)26)9-4-5-10-18/h13H,1-12H2,(H,19,24)(H,20,23)(H,21,26). The van der Waals surface area contributed by atoms with E-state index in [4.69, 9.17) is 0 Å². The van der Waals surface area contributed by atoms with Gasteiger partial charge in [0.2, 0.25) is 11.8 Å². The maximum atomic E-state index is 12.5. The van der Waals surface area contributed by atoms with Gasteiger partial charge in [-0.3, -0.25) is 19.3 Å². The van der Waals surface area contributed by atoms with Crippen molar-refractivity contribution in [1.82, 2.24) is 20.9 Å². The minimum absolute atomic E-state index is 0.0721. The summed E-state index contributed by atoms with van der Waals surface area (Å²) in [5.41, 5.74) is -0.794. The van der Waals surface area contributed by atoms with Crippen LogP contribution in [0.3, 0.4) is 0 Å². The summed E-state index contributed by atoms with van der Waals surface area (Å²) in [5, 5.41) is 8.37. The molecule has 1 aliphatic heterocycles. The first-order valence-corrected chi connectivity index (χ1v) is 9.70. The van der Waals surface area contributed by atoms with Gasteiger partial charge in [0, 0.05) is 19.0 Å². The van der Waals surface area contributed by atoms with E-state index in [1.807, 2.05) is 0 Å². The zero-order valence-corrected chi connectivity index (χ0v) is 15.1. The average molecular weight is 364 g/mol. The molecule has 1 heterocycles. The molecule has 26 heavy (non-hydrogen) atoms. The number of hydrogen-bond acceptors (Lipinski definition) is 4. The fraction of sp³-hybridized carbons (Fsp3) is 0.778. The number of nitrogens with zero attached hydrogens (tertiary/aromatic N) is 1. The molecule has 3 fully saturated rings. The van der Waals surface area contributed by atoms with Gasteiger partial charge >= 0.3 is 6.03 Å². The first-order chi connectivity index (χ1) is 12.5. The maximum absolute atomic E-state index is 12.5. The van der Waals surface area contributed by atoms with Crippen molar-refractivity contribution in [3.8, 4) is 0 Å². The topological polar surface area (TPSA) is 108 Å². The van der Waals surface area contributed by atoms with Gasteiger partial charge in [-0.15, -0.1) is 0 Å². The molecule has 144 valence electrons. The second-order valence-electron chi connectivity index (χ2n) is 7.61. The normalized spacial score (nSPS) is 22.5. The van der Waals surface area contributed by atoms with Crippen LogP contribution in [0.5, 0.6) is 0 Å². The van der Waals surface area contributed by atoms with Gasteiger partial charge in [0.25, 0.3) is 5.91 Å². The largest absolute Gasteiger partial charge is 0.354 e. The molecule has 0 atom stereocenters. The molecule has 1 spiro atoms. The number of rotatable bonds is 6. The van der Waals surface area contributed by atoms with E-state index in [9.17, 15) is 19.2 Å². The van der Waals surface area contributed by atoms with Crippen LogP contribution in [0.15, 0.2) is 0 Å². The lowest BCUT2D eigenvalue weighted by molar-refractivity contribution is -0.135. The fourth-order valence-corrected chi connectivity index (χ4v) is 4.20. The predicted molar refractivity (Wildman–Crippen MR) is 94.1 cm³/mol. The first kappa shape index (κ1) is 18.7. The SMILES string of the molecule is O=C(CN1C(=O)NC2(CCCC2)C1=O)NCCC(=O)NC1CCCCC1. The van der Waals surface area contributed by atoms with Gasteiger partial charge in [-0.2, -0.15) is 0 Å². The smallest absolute Gasteiger partial charge is 0.325 e. The molecule has 0 unspecified atom stereocenters. The minimum Gasteiger partial charge on any atom is -0.354 e. The number of carbonyl (C=O) groups excluding carboxylic acids is 4. The van der Waals surface area contributed by atoms with Crippen LogP contribution in [0.1, 0.15) is 64.2 Å². The summed E-state index contributed by atoms with van der Waals surface area (Å²) < 4.78 is 0. The Balaban J connectivity index is 1.38. The highest BCUT2D eigenvalue weighted by Gasteiger charge is 2.52. The molecule has 0 radical (unpaired) electrons. The molecule has 0 bridgehead atoms. The zero-order valence-electron chi connectivity index (χ0n) is 15.1. The van der Waals surface area contributed by atoms with Gasteiger partial charge in [0.05, 0.1) is 0 Å². The van der Waals surface area contributed by atoms with Crippen molar-refractivity contribution in [2.75, 3.05) is 13.1 Å². The Morgan fingerprint density at radius 2 is 1.73 bits per heavy atom. The minimum atomic E-state index is -0.794. The van der Waals surface area contributed by atoms with Crippen LogP contribution in [0.4, 0.5) is 4.79 Å². The van der Waals surface area contributed by atoms with E-state index in [1.165, 1.54) is 6.42 Å². The van der Waals surface area contributed by atoms with Crippen LogP contribution < -0.4 is 16.0 Å². The molecule has 0 aromatic carbocycles. The first-order valence-electron chi connectivity index (χ1n) is 9.70. The van der Waals surface area contributed by atoms with Crippen LogP contribution in [0.25, 0.3) is 0 Å². The Bertz CT molecular complexity index is 580. The van der Waals surface area contributed by atoms with Crippen LogP contribution in [-0.2, 0) is 14.4 Å². The number of nitrogens with one attached hydrogen (secondary N) is 3. The van der Waals surface area contributed by atoms with E-state index in [0.717, 1.165) is 43.4 Å². The molecule has 3 N–H and O–H groups in total. The molecule has 0 aromatic heterocycles. The quantitative estimate of drug-likeness (QED) is 0.606.